The monoisotopic (exact) mass is 582 g/mol. The summed E-state index contributed by atoms with van der Waals surface area (Å²) in [6, 6.07) is 29.9. The Morgan fingerprint density at radius 2 is 1.02 bits per heavy atom. The number of hydrogen-bond donors (Lipinski definition) is 6. The van der Waals surface area contributed by atoms with Crippen LogP contribution < -0.4 is 10.6 Å². The van der Waals surface area contributed by atoms with Gasteiger partial charge in [0.05, 0.1) is 56.3 Å². The fraction of sp³-hybridized carbons (Fsp3) is 0. The highest BCUT2D eigenvalue weighted by Crippen LogP contribution is 2.37. The molecule has 0 saturated heterocycles. The maximum atomic E-state index is 10.6. The number of para-hydroxylation sites is 4. The molecular formula is C32H22N8O2S. The van der Waals surface area contributed by atoms with E-state index in [1.54, 1.807) is 24.3 Å². The molecule has 0 atom stereocenters. The van der Waals surface area contributed by atoms with E-state index in [1.807, 2.05) is 72.8 Å². The lowest BCUT2D eigenvalue weighted by Gasteiger charge is -2.13. The Kier molecular flexibility index (Phi) is 5.69. The normalized spacial score (nSPS) is 11.4. The number of aromatic hydroxyl groups is 2. The molecule has 0 aliphatic carbocycles. The highest BCUT2D eigenvalue weighted by molar-refractivity contribution is 7.00. The van der Waals surface area contributed by atoms with Gasteiger partial charge < -0.3 is 30.8 Å². The summed E-state index contributed by atoms with van der Waals surface area (Å²) < 4.78 is 9.11. The van der Waals surface area contributed by atoms with E-state index in [9.17, 15) is 10.2 Å². The Hall–Kier alpha value is -5.94. The molecule has 43 heavy (non-hydrogen) atoms. The number of imidazole rings is 2. The van der Waals surface area contributed by atoms with Crippen molar-refractivity contribution < 1.29 is 10.2 Å². The lowest BCUT2D eigenvalue weighted by Crippen LogP contribution is -1.96. The van der Waals surface area contributed by atoms with E-state index in [1.165, 1.54) is 0 Å². The number of H-pyrrole nitrogens is 2. The molecule has 0 bridgehead atoms. The van der Waals surface area contributed by atoms with E-state index < -0.39 is 0 Å². The quantitative estimate of drug-likeness (QED) is 0.109. The van der Waals surface area contributed by atoms with E-state index >= 15 is 0 Å². The maximum absolute atomic E-state index is 10.6. The Morgan fingerprint density at radius 3 is 1.49 bits per heavy atom. The van der Waals surface area contributed by atoms with Crippen LogP contribution in [0.3, 0.4) is 0 Å². The number of fused-ring (bicyclic) bond motifs is 3. The van der Waals surface area contributed by atoms with Crippen LogP contribution in [0, 0.1) is 0 Å². The number of hydrogen-bond acceptors (Lipinski definition) is 9. The fourth-order valence-electron chi connectivity index (χ4n) is 5.15. The van der Waals surface area contributed by atoms with Crippen LogP contribution in [0.25, 0.3) is 55.9 Å². The molecule has 11 heteroatoms. The van der Waals surface area contributed by atoms with E-state index in [-0.39, 0.29) is 11.5 Å². The van der Waals surface area contributed by atoms with Crippen LogP contribution in [0.15, 0.2) is 97.1 Å². The van der Waals surface area contributed by atoms with Gasteiger partial charge in [0.15, 0.2) is 0 Å². The van der Waals surface area contributed by atoms with E-state index in [2.05, 4.69) is 39.3 Å². The van der Waals surface area contributed by atoms with Crippen molar-refractivity contribution in [3.05, 3.63) is 97.1 Å². The summed E-state index contributed by atoms with van der Waals surface area (Å²) in [5, 5.41) is 28.1. The van der Waals surface area contributed by atoms with Gasteiger partial charge in [-0.05, 0) is 72.8 Å². The third-order valence-electron chi connectivity index (χ3n) is 7.26. The fourth-order valence-corrected chi connectivity index (χ4v) is 5.72. The molecule has 0 aliphatic heterocycles. The number of aromatic amines is 2. The minimum Gasteiger partial charge on any atom is -0.507 e. The number of benzene rings is 5. The second kappa shape index (κ2) is 9.86. The average molecular weight is 583 g/mol. The second-order valence-corrected chi connectivity index (χ2v) is 10.6. The van der Waals surface area contributed by atoms with Gasteiger partial charge in [-0.2, -0.15) is 8.75 Å². The SMILES string of the molecule is Oc1ccc(Nc2ccc(Nc3ccc(O)c(-c4nc5ccccc5[nH]4)c3)c3nsnc23)cc1-c1nc2ccccc2[nH]1. The smallest absolute Gasteiger partial charge is 0.142 e. The van der Waals surface area contributed by atoms with Gasteiger partial charge in [0.2, 0.25) is 0 Å². The largest absolute Gasteiger partial charge is 0.507 e. The maximum Gasteiger partial charge on any atom is 0.142 e. The zero-order valence-electron chi connectivity index (χ0n) is 22.3. The molecule has 6 N–H and O–H groups in total. The first kappa shape index (κ1) is 24.8. The van der Waals surface area contributed by atoms with Gasteiger partial charge in [0.1, 0.15) is 34.2 Å². The van der Waals surface area contributed by atoms with Crippen LogP contribution in [0.2, 0.25) is 0 Å². The van der Waals surface area contributed by atoms with E-state index in [0.717, 1.165) is 56.5 Å². The summed E-state index contributed by atoms with van der Waals surface area (Å²) in [6.45, 7) is 0. The molecule has 10 nitrogen and oxygen atoms in total. The van der Waals surface area contributed by atoms with Crippen molar-refractivity contribution in [3.63, 3.8) is 0 Å². The zero-order valence-corrected chi connectivity index (χ0v) is 23.1. The lowest BCUT2D eigenvalue weighted by atomic mass is 10.1. The minimum absolute atomic E-state index is 0.126. The molecule has 0 amide bonds. The predicted molar refractivity (Wildman–Crippen MR) is 170 cm³/mol. The highest BCUT2D eigenvalue weighted by atomic mass is 32.1. The number of nitrogens with one attached hydrogen (secondary N) is 4. The van der Waals surface area contributed by atoms with Crippen molar-refractivity contribution in [3.8, 4) is 34.3 Å². The molecule has 3 heterocycles. The van der Waals surface area contributed by atoms with Crippen molar-refractivity contribution in [1.29, 1.82) is 0 Å². The molecule has 0 aliphatic rings. The van der Waals surface area contributed by atoms with Crippen molar-refractivity contribution >= 4 is 67.6 Å². The molecule has 8 rings (SSSR count). The van der Waals surface area contributed by atoms with E-state index in [0.29, 0.717) is 33.8 Å². The van der Waals surface area contributed by atoms with Crippen LogP contribution in [0.5, 0.6) is 11.5 Å². The summed E-state index contributed by atoms with van der Waals surface area (Å²) in [7, 11) is 0. The van der Waals surface area contributed by atoms with Crippen molar-refractivity contribution in [2.75, 3.05) is 10.6 Å². The third kappa shape index (κ3) is 4.44. The molecule has 0 saturated carbocycles. The Labute approximate surface area is 248 Å². The summed E-state index contributed by atoms with van der Waals surface area (Å²) in [5.41, 5.74) is 9.06. The molecule has 0 radical (unpaired) electrons. The van der Waals surface area contributed by atoms with Gasteiger partial charge in [-0.1, -0.05) is 24.3 Å². The summed E-state index contributed by atoms with van der Waals surface area (Å²) in [4.78, 5) is 15.8. The van der Waals surface area contributed by atoms with Crippen molar-refractivity contribution in [2.24, 2.45) is 0 Å². The summed E-state index contributed by atoms with van der Waals surface area (Å²) in [5.74, 6) is 1.41. The molecule has 0 fully saturated rings. The molecule has 0 spiro atoms. The number of aromatic nitrogens is 6. The third-order valence-corrected chi connectivity index (χ3v) is 7.78. The molecular weight excluding hydrogens is 560 g/mol. The van der Waals surface area contributed by atoms with Crippen molar-refractivity contribution in [2.45, 2.75) is 0 Å². The molecule has 8 aromatic rings. The van der Waals surface area contributed by atoms with E-state index in [4.69, 9.17) is 0 Å². The predicted octanol–water partition coefficient (Wildman–Crippen LogP) is 7.68. The van der Waals surface area contributed by atoms with Gasteiger partial charge in [0.25, 0.3) is 0 Å². The van der Waals surface area contributed by atoms with Crippen LogP contribution in [0.1, 0.15) is 0 Å². The zero-order chi connectivity index (χ0) is 28.9. The van der Waals surface area contributed by atoms with Crippen LogP contribution in [0.4, 0.5) is 22.7 Å². The standard InChI is InChI=1S/C32H22N8O2S/c41-27-13-9-17(15-19(27)31-35-21-5-1-2-6-22(21)36-31)33-25-11-12-26(30-29(25)39-43-40-30)34-18-10-14-28(42)20(16-18)32-37-23-7-3-4-8-24(23)38-32/h1-16,33-34,41-42H,(H,35,36)(H,37,38). The Morgan fingerprint density at radius 1 is 0.558 bits per heavy atom. The van der Waals surface area contributed by atoms with Gasteiger partial charge >= 0.3 is 0 Å². The second-order valence-electron chi connectivity index (χ2n) is 10.0. The minimum atomic E-state index is 0.126. The average Bonchev–Trinajstić information content (AvgIpc) is 3.78. The molecule has 0 unspecified atom stereocenters. The number of nitrogens with zero attached hydrogens (tertiary/aromatic N) is 4. The number of phenols is 2. The Bertz CT molecular complexity index is 2080. The summed E-state index contributed by atoms with van der Waals surface area (Å²) >= 11 is 1.12. The van der Waals surface area contributed by atoms with Crippen molar-refractivity contribution in [1.82, 2.24) is 28.7 Å². The summed E-state index contributed by atoms with van der Waals surface area (Å²) in [6.07, 6.45) is 0. The topological polar surface area (TPSA) is 148 Å². The van der Waals surface area contributed by atoms with Gasteiger partial charge in [-0.25, -0.2) is 9.97 Å². The molecule has 3 aromatic heterocycles. The van der Waals surface area contributed by atoms with Crippen LogP contribution >= 0.6 is 11.7 Å². The van der Waals surface area contributed by atoms with Gasteiger partial charge in [-0.3, -0.25) is 0 Å². The first-order valence-corrected chi connectivity index (χ1v) is 14.2. The first-order chi connectivity index (χ1) is 21.1. The number of phenolic OH excluding ortho intramolecular Hbond substituents is 2. The lowest BCUT2D eigenvalue weighted by molar-refractivity contribution is 0.476. The van der Waals surface area contributed by atoms with Crippen LogP contribution in [-0.2, 0) is 0 Å². The molecule has 5 aromatic carbocycles. The highest BCUT2D eigenvalue weighted by Gasteiger charge is 2.16. The number of rotatable bonds is 6. The van der Waals surface area contributed by atoms with Gasteiger partial charge in [-0.15, -0.1) is 0 Å². The first-order valence-electron chi connectivity index (χ1n) is 13.4. The van der Waals surface area contributed by atoms with Gasteiger partial charge in [0, 0.05) is 11.4 Å². The molecule has 208 valence electrons. The Balaban J connectivity index is 1.10. The van der Waals surface area contributed by atoms with Crippen LogP contribution in [-0.4, -0.2) is 38.9 Å². The number of anilines is 4.